The van der Waals surface area contributed by atoms with Crippen LogP contribution in [0.25, 0.3) is 0 Å². The number of alkyl halides is 3. The standard InChI is InChI=1S/C15H10F4N2O4/c16-11-6-5-9(7-12(11)21(23)24)20-14(22)8-25-13-4-2-1-3-10(13)15(17,18)19/h1-7H,8H2,(H,20,22). The van der Waals surface area contributed by atoms with E-state index in [9.17, 15) is 32.5 Å². The Morgan fingerprint density at radius 2 is 1.88 bits per heavy atom. The lowest BCUT2D eigenvalue weighted by Crippen LogP contribution is -2.21. The zero-order valence-electron chi connectivity index (χ0n) is 12.3. The van der Waals surface area contributed by atoms with E-state index in [4.69, 9.17) is 4.74 Å². The van der Waals surface area contributed by atoms with Gasteiger partial charge in [-0.1, -0.05) is 12.1 Å². The quantitative estimate of drug-likeness (QED) is 0.501. The van der Waals surface area contributed by atoms with Crippen LogP contribution in [-0.2, 0) is 11.0 Å². The lowest BCUT2D eigenvalue weighted by Gasteiger charge is -2.13. The minimum absolute atomic E-state index is 0.0918. The van der Waals surface area contributed by atoms with Gasteiger partial charge in [0.2, 0.25) is 5.82 Å². The Balaban J connectivity index is 2.05. The average Bonchev–Trinajstić information content (AvgIpc) is 2.54. The van der Waals surface area contributed by atoms with Crippen molar-refractivity contribution in [2.45, 2.75) is 6.18 Å². The molecule has 6 nitrogen and oxygen atoms in total. The predicted octanol–water partition coefficient (Wildman–Crippen LogP) is 3.77. The highest BCUT2D eigenvalue weighted by atomic mass is 19.4. The van der Waals surface area contributed by atoms with Gasteiger partial charge in [0, 0.05) is 11.8 Å². The maximum atomic E-state index is 13.2. The van der Waals surface area contributed by atoms with Crippen molar-refractivity contribution in [3.63, 3.8) is 0 Å². The molecule has 132 valence electrons. The van der Waals surface area contributed by atoms with Crippen LogP contribution < -0.4 is 10.1 Å². The fraction of sp³-hybridized carbons (Fsp3) is 0.133. The number of carbonyl (C=O) groups excluding carboxylic acids is 1. The van der Waals surface area contributed by atoms with Crippen molar-refractivity contribution in [3.8, 4) is 5.75 Å². The van der Waals surface area contributed by atoms with E-state index in [2.05, 4.69) is 5.32 Å². The first-order valence-electron chi connectivity index (χ1n) is 6.71. The number of para-hydroxylation sites is 1. The third-order valence-corrected chi connectivity index (χ3v) is 2.98. The van der Waals surface area contributed by atoms with E-state index in [1.165, 1.54) is 12.1 Å². The van der Waals surface area contributed by atoms with E-state index in [0.717, 1.165) is 30.3 Å². The number of ether oxygens (including phenoxy) is 1. The van der Waals surface area contributed by atoms with Crippen LogP contribution in [0.2, 0.25) is 0 Å². The van der Waals surface area contributed by atoms with Crippen LogP contribution in [0.15, 0.2) is 42.5 Å². The molecular weight excluding hydrogens is 348 g/mol. The molecule has 0 aromatic heterocycles. The number of hydrogen-bond acceptors (Lipinski definition) is 4. The van der Waals surface area contributed by atoms with Gasteiger partial charge in [0.15, 0.2) is 6.61 Å². The minimum atomic E-state index is -4.65. The topological polar surface area (TPSA) is 81.5 Å². The van der Waals surface area contributed by atoms with Crippen molar-refractivity contribution in [1.82, 2.24) is 0 Å². The lowest BCUT2D eigenvalue weighted by atomic mass is 10.2. The number of nitrogens with one attached hydrogen (secondary N) is 1. The van der Waals surface area contributed by atoms with Crippen LogP contribution in [0.4, 0.5) is 28.9 Å². The maximum Gasteiger partial charge on any atom is 0.419 e. The van der Waals surface area contributed by atoms with E-state index in [1.54, 1.807) is 0 Å². The number of hydrogen-bond donors (Lipinski definition) is 1. The van der Waals surface area contributed by atoms with E-state index < -0.39 is 46.4 Å². The van der Waals surface area contributed by atoms with Gasteiger partial charge < -0.3 is 10.1 Å². The number of amides is 1. The first kappa shape index (κ1) is 18.2. The van der Waals surface area contributed by atoms with Crippen molar-refractivity contribution in [2.75, 3.05) is 11.9 Å². The molecule has 2 aromatic carbocycles. The Morgan fingerprint density at radius 3 is 2.52 bits per heavy atom. The summed E-state index contributed by atoms with van der Waals surface area (Å²) in [5.41, 5.74) is -1.98. The van der Waals surface area contributed by atoms with E-state index in [-0.39, 0.29) is 5.69 Å². The summed E-state index contributed by atoms with van der Waals surface area (Å²) in [7, 11) is 0. The summed E-state index contributed by atoms with van der Waals surface area (Å²) in [6, 6.07) is 6.99. The molecule has 2 aromatic rings. The molecular formula is C15H10F4N2O4. The maximum absolute atomic E-state index is 13.2. The van der Waals surface area contributed by atoms with Crippen molar-refractivity contribution < 1.29 is 32.0 Å². The first-order valence-corrected chi connectivity index (χ1v) is 6.71. The molecule has 25 heavy (non-hydrogen) atoms. The summed E-state index contributed by atoms with van der Waals surface area (Å²) in [5, 5.41) is 12.8. The molecule has 2 rings (SSSR count). The second-order valence-electron chi connectivity index (χ2n) is 4.75. The largest absolute Gasteiger partial charge is 0.483 e. The number of rotatable bonds is 5. The molecule has 0 radical (unpaired) electrons. The molecule has 0 aliphatic carbocycles. The Kier molecular flexibility index (Phi) is 5.20. The number of nitro benzene ring substituents is 1. The Labute approximate surface area is 138 Å². The van der Waals surface area contributed by atoms with Crippen LogP contribution in [0.3, 0.4) is 0 Å². The zero-order chi connectivity index (χ0) is 18.6. The lowest BCUT2D eigenvalue weighted by molar-refractivity contribution is -0.387. The van der Waals surface area contributed by atoms with Gasteiger partial charge in [-0.25, -0.2) is 0 Å². The van der Waals surface area contributed by atoms with Crippen molar-refractivity contribution in [3.05, 3.63) is 64.0 Å². The van der Waals surface area contributed by atoms with E-state index in [1.807, 2.05) is 0 Å². The summed E-state index contributed by atoms with van der Waals surface area (Å²) in [6.45, 7) is -0.766. The molecule has 0 aliphatic rings. The van der Waals surface area contributed by atoms with Crippen molar-refractivity contribution >= 4 is 17.3 Å². The Bertz CT molecular complexity index is 808. The number of nitrogens with zero attached hydrogens (tertiary/aromatic N) is 1. The molecule has 0 spiro atoms. The number of benzene rings is 2. The fourth-order valence-corrected chi connectivity index (χ4v) is 1.90. The summed E-state index contributed by atoms with van der Waals surface area (Å²) in [6.07, 6.45) is -4.65. The molecule has 0 saturated carbocycles. The molecule has 0 bridgehead atoms. The third kappa shape index (κ3) is 4.66. The van der Waals surface area contributed by atoms with Gasteiger partial charge in [-0.05, 0) is 24.3 Å². The van der Waals surface area contributed by atoms with Crippen LogP contribution in [0.5, 0.6) is 5.75 Å². The molecule has 0 atom stereocenters. The molecule has 0 heterocycles. The van der Waals surface area contributed by atoms with Gasteiger partial charge in [0.05, 0.1) is 10.5 Å². The van der Waals surface area contributed by atoms with Gasteiger partial charge in [-0.15, -0.1) is 0 Å². The van der Waals surface area contributed by atoms with E-state index >= 15 is 0 Å². The van der Waals surface area contributed by atoms with E-state index in [0.29, 0.717) is 0 Å². The summed E-state index contributed by atoms with van der Waals surface area (Å²) >= 11 is 0. The molecule has 0 saturated heterocycles. The normalized spacial score (nSPS) is 11.0. The third-order valence-electron chi connectivity index (χ3n) is 2.98. The van der Waals surface area contributed by atoms with Crippen molar-refractivity contribution in [2.24, 2.45) is 0 Å². The minimum Gasteiger partial charge on any atom is -0.483 e. The number of anilines is 1. The zero-order valence-corrected chi connectivity index (χ0v) is 12.3. The highest BCUT2D eigenvalue weighted by molar-refractivity contribution is 5.92. The average molecular weight is 358 g/mol. The molecule has 0 fully saturated rings. The summed E-state index contributed by atoms with van der Waals surface area (Å²) in [5.74, 6) is -2.48. The second kappa shape index (κ2) is 7.16. The number of carbonyl (C=O) groups is 1. The van der Waals surface area contributed by atoms with Gasteiger partial charge in [0.1, 0.15) is 5.75 Å². The number of halogens is 4. The van der Waals surface area contributed by atoms with Gasteiger partial charge >= 0.3 is 11.9 Å². The Morgan fingerprint density at radius 1 is 1.20 bits per heavy atom. The van der Waals surface area contributed by atoms with Crippen molar-refractivity contribution in [1.29, 1.82) is 0 Å². The highest BCUT2D eigenvalue weighted by Gasteiger charge is 2.34. The second-order valence-corrected chi connectivity index (χ2v) is 4.75. The fourth-order valence-electron chi connectivity index (χ4n) is 1.90. The highest BCUT2D eigenvalue weighted by Crippen LogP contribution is 2.35. The predicted molar refractivity (Wildman–Crippen MR) is 78.6 cm³/mol. The van der Waals surface area contributed by atoms with Crippen LogP contribution in [0.1, 0.15) is 5.56 Å². The monoisotopic (exact) mass is 358 g/mol. The summed E-state index contributed by atoms with van der Waals surface area (Å²) in [4.78, 5) is 21.4. The van der Waals surface area contributed by atoms with Gasteiger partial charge in [-0.3, -0.25) is 14.9 Å². The first-order chi connectivity index (χ1) is 11.7. The van der Waals surface area contributed by atoms with Crippen LogP contribution >= 0.6 is 0 Å². The molecule has 0 aliphatic heterocycles. The van der Waals surface area contributed by atoms with Crippen LogP contribution in [-0.4, -0.2) is 17.4 Å². The smallest absolute Gasteiger partial charge is 0.419 e. The SMILES string of the molecule is O=C(COc1ccccc1C(F)(F)F)Nc1ccc(F)c([N+](=O)[O-])c1. The molecule has 0 unspecified atom stereocenters. The van der Waals surface area contributed by atoms with Gasteiger partial charge in [-0.2, -0.15) is 17.6 Å². The van der Waals surface area contributed by atoms with Crippen LogP contribution in [0, 0.1) is 15.9 Å². The summed E-state index contributed by atoms with van der Waals surface area (Å²) < 4.78 is 56.4. The Hall–Kier alpha value is -3.17. The molecule has 1 amide bonds. The number of nitro groups is 1. The molecule has 1 N–H and O–H groups in total. The van der Waals surface area contributed by atoms with Gasteiger partial charge in [0.25, 0.3) is 5.91 Å². The molecule has 10 heteroatoms.